The molecule has 0 aliphatic carbocycles. The highest BCUT2D eigenvalue weighted by Crippen LogP contribution is 2.22. The molecule has 0 aromatic heterocycles. The van der Waals surface area contributed by atoms with Crippen LogP contribution in [0.15, 0.2) is 0 Å². The molecule has 0 saturated heterocycles. The summed E-state index contributed by atoms with van der Waals surface area (Å²) in [5, 5.41) is 9.72. The van der Waals surface area contributed by atoms with Crippen molar-refractivity contribution in [2.45, 2.75) is 32.5 Å². The lowest BCUT2D eigenvalue weighted by molar-refractivity contribution is -0.181. The molecule has 0 radical (unpaired) electrons. The van der Waals surface area contributed by atoms with Crippen molar-refractivity contribution in [2.75, 3.05) is 14.2 Å². The fourth-order valence-corrected chi connectivity index (χ4v) is 1.16. The number of carbonyl (C=O) groups excluding carboxylic acids is 1. The van der Waals surface area contributed by atoms with Crippen LogP contribution in [0.5, 0.6) is 0 Å². The van der Waals surface area contributed by atoms with Crippen molar-refractivity contribution in [3.05, 3.63) is 0 Å². The van der Waals surface area contributed by atoms with Gasteiger partial charge in [0.25, 0.3) is 0 Å². The lowest BCUT2D eigenvalue weighted by Gasteiger charge is -2.32. The second-order valence-corrected chi connectivity index (χ2v) is 3.49. The van der Waals surface area contributed by atoms with E-state index in [1.54, 1.807) is 0 Å². The molecule has 0 aliphatic rings. The molecule has 0 bridgehead atoms. The molecule has 13 heavy (non-hydrogen) atoms. The minimum Gasteiger partial charge on any atom is -0.467 e. The van der Waals surface area contributed by atoms with Crippen molar-refractivity contribution in [3.8, 4) is 0 Å². The van der Waals surface area contributed by atoms with Gasteiger partial charge in [-0.15, -0.1) is 0 Å². The molecular formula is C9H18O4. The maximum atomic E-state index is 11.3. The van der Waals surface area contributed by atoms with E-state index in [0.717, 1.165) is 0 Å². The van der Waals surface area contributed by atoms with E-state index in [1.165, 1.54) is 21.1 Å². The summed E-state index contributed by atoms with van der Waals surface area (Å²) < 4.78 is 9.54. The van der Waals surface area contributed by atoms with Crippen LogP contribution in [-0.2, 0) is 14.3 Å². The number of esters is 1. The molecule has 2 atom stereocenters. The van der Waals surface area contributed by atoms with E-state index >= 15 is 0 Å². The molecule has 0 aromatic carbocycles. The van der Waals surface area contributed by atoms with Gasteiger partial charge in [-0.05, 0) is 12.8 Å². The summed E-state index contributed by atoms with van der Waals surface area (Å²) in [6.45, 7) is 5.14. The molecule has 0 spiro atoms. The molecule has 4 heteroatoms. The normalized spacial score (nSPS) is 18.1. The average molecular weight is 190 g/mol. The van der Waals surface area contributed by atoms with Gasteiger partial charge in [0.2, 0.25) is 0 Å². The Kier molecular flexibility index (Phi) is 4.36. The first-order valence-corrected chi connectivity index (χ1v) is 4.21. The van der Waals surface area contributed by atoms with Gasteiger partial charge >= 0.3 is 5.97 Å². The van der Waals surface area contributed by atoms with Crippen LogP contribution in [0.1, 0.15) is 20.8 Å². The number of carbonyl (C=O) groups is 1. The first-order chi connectivity index (χ1) is 5.90. The van der Waals surface area contributed by atoms with Crippen LogP contribution in [0.4, 0.5) is 0 Å². The van der Waals surface area contributed by atoms with Crippen LogP contribution in [0.25, 0.3) is 0 Å². The second-order valence-electron chi connectivity index (χ2n) is 3.49. The molecule has 0 heterocycles. The predicted molar refractivity (Wildman–Crippen MR) is 48.3 cm³/mol. The zero-order valence-electron chi connectivity index (χ0n) is 8.83. The van der Waals surface area contributed by atoms with Crippen molar-refractivity contribution < 1.29 is 19.4 Å². The van der Waals surface area contributed by atoms with Gasteiger partial charge in [0.15, 0.2) is 5.60 Å². The molecule has 0 saturated carbocycles. The molecule has 0 aliphatic heterocycles. The van der Waals surface area contributed by atoms with Crippen molar-refractivity contribution in [1.29, 1.82) is 0 Å². The zero-order chi connectivity index (χ0) is 10.6. The van der Waals surface area contributed by atoms with Crippen molar-refractivity contribution >= 4 is 5.97 Å². The summed E-state index contributed by atoms with van der Waals surface area (Å²) in [6, 6.07) is 0. The Morgan fingerprint density at radius 2 is 1.85 bits per heavy atom. The first-order valence-electron chi connectivity index (χ1n) is 4.21. The molecule has 0 rings (SSSR count). The highest BCUT2D eigenvalue weighted by molar-refractivity contribution is 5.79. The summed E-state index contributed by atoms with van der Waals surface area (Å²) >= 11 is 0. The van der Waals surface area contributed by atoms with Gasteiger partial charge in [0, 0.05) is 7.11 Å². The average Bonchev–Trinajstić information content (AvgIpc) is 2.13. The number of methoxy groups -OCH3 is 2. The number of aliphatic hydroxyl groups is 1. The van der Waals surface area contributed by atoms with Gasteiger partial charge in [-0.1, -0.05) is 13.8 Å². The Hall–Kier alpha value is -0.610. The molecule has 1 N–H and O–H groups in total. The predicted octanol–water partition coefficient (Wildman–Crippen LogP) is 0.581. The molecule has 0 unspecified atom stereocenters. The zero-order valence-corrected chi connectivity index (χ0v) is 8.83. The monoisotopic (exact) mass is 190 g/mol. The minimum atomic E-state index is -1.27. The highest BCUT2D eigenvalue weighted by Gasteiger charge is 2.43. The third kappa shape index (κ3) is 2.42. The number of rotatable bonds is 4. The van der Waals surface area contributed by atoms with Crippen LogP contribution in [0.3, 0.4) is 0 Å². The number of ether oxygens (including phenoxy) is 2. The Bertz CT molecular complexity index is 178. The quantitative estimate of drug-likeness (QED) is 0.659. The van der Waals surface area contributed by atoms with Crippen molar-refractivity contribution in [1.82, 2.24) is 0 Å². The Morgan fingerprint density at radius 1 is 1.38 bits per heavy atom. The number of aliphatic hydroxyl groups excluding tert-OH is 1. The maximum absolute atomic E-state index is 11.3. The van der Waals surface area contributed by atoms with Gasteiger partial charge in [-0.3, -0.25) is 0 Å². The van der Waals surface area contributed by atoms with Crippen molar-refractivity contribution in [3.63, 3.8) is 0 Å². The smallest absolute Gasteiger partial charge is 0.340 e. The van der Waals surface area contributed by atoms with Crippen LogP contribution in [-0.4, -0.2) is 37.0 Å². The fraction of sp³-hybridized carbons (Fsp3) is 0.889. The van der Waals surface area contributed by atoms with Gasteiger partial charge in [0.1, 0.15) is 0 Å². The fourth-order valence-electron chi connectivity index (χ4n) is 1.16. The van der Waals surface area contributed by atoms with E-state index in [1.807, 2.05) is 13.8 Å². The SMILES string of the molecule is COC(=O)[C@@](C)(OC)[C@H](O)C(C)C. The topological polar surface area (TPSA) is 55.8 Å². The van der Waals surface area contributed by atoms with Crippen LogP contribution >= 0.6 is 0 Å². The highest BCUT2D eigenvalue weighted by atomic mass is 16.6. The number of hydrogen-bond donors (Lipinski definition) is 1. The first kappa shape index (κ1) is 12.4. The molecule has 78 valence electrons. The summed E-state index contributed by atoms with van der Waals surface area (Å²) in [7, 11) is 2.65. The van der Waals surface area contributed by atoms with E-state index in [2.05, 4.69) is 4.74 Å². The molecule has 0 fully saturated rings. The summed E-state index contributed by atoms with van der Waals surface area (Å²) in [5.41, 5.74) is -1.27. The molecule has 0 aromatic rings. The van der Waals surface area contributed by atoms with Gasteiger partial charge in [-0.2, -0.15) is 0 Å². The minimum absolute atomic E-state index is 0.0657. The maximum Gasteiger partial charge on any atom is 0.340 e. The standard InChI is InChI=1S/C9H18O4/c1-6(2)7(10)9(3,13-5)8(11)12-4/h6-7,10H,1-5H3/t7-,9+/m1/s1. The largest absolute Gasteiger partial charge is 0.467 e. The second kappa shape index (κ2) is 4.58. The lowest BCUT2D eigenvalue weighted by Crippen LogP contribution is -2.51. The third-order valence-corrected chi connectivity index (χ3v) is 2.21. The Balaban J connectivity index is 4.71. The van der Waals surface area contributed by atoms with Crippen LogP contribution < -0.4 is 0 Å². The van der Waals surface area contributed by atoms with E-state index in [0.29, 0.717) is 0 Å². The summed E-state index contributed by atoms with van der Waals surface area (Å²) in [5.74, 6) is -0.625. The molecular weight excluding hydrogens is 172 g/mol. The van der Waals surface area contributed by atoms with Gasteiger partial charge in [-0.25, -0.2) is 4.79 Å². The summed E-state index contributed by atoms with van der Waals surface area (Å²) in [6.07, 6.45) is -0.870. The van der Waals surface area contributed by atoms with Gasteiger partial charge in [0.05, 0.1) is 13.2 Å². The van der Waals surface area contributed by atoms with Crippen LogP contribution in [0, 0.1) is 5.92 Å². The van der Waals surface area contributed by atoms with E-state index < -0.39 is 17.7 Å². The van der Waals surface area contributed by atoms with E-state index in [9.17, 15) is 9.90 Å². The van der Waals surface area contributed by atoms with Crippen LogP contribution in [0.2, 0.25) is 0 Å². The Morgan fingerprint density at radius 3 is 2.08 bits per heavy atom. The lowest BCUT2D eigenvalue weighted by atomic mass is 9.90. The number of hydrogen-bond acceptors (Lipinski definition) is 4. The summed E-state index contributed by atoms with van der Waals surface area (Å²) in [4.78, 5) is 11.3. The van der Waals surface area contributed by atoms with Crippen molar-refractivity contribution in [2.24, 2.45) is 5.92 Å². The van der Waals surface area contributed by atoms with E-state index in [-0.39, 0.29) is 5.92 Å². The Labute approximate surface area is 78.8 Å². The third-order valence-electron chi connectivity index (χ3n) is 2.21. The molecule has 4 nitrogen and oxygen atoms in total. The van der Waals surface area contributed by atoms with E-state index in [4.69, 9.17) is 4.74 Å². The van der Waals surface area contributed by atoms with Gasteiger partial charge < -0.3 is 14.6 Å². The molecule has 0 amide bonds.